The predicted octanol–water partition coefficient (Wildman–Crippen LogP) is 3.22. The lowest BCUT2D eigenvalue weighted by atomic mass is 9.81. The molecular weight excluding hydrogens is 144 g/mol. The van der Waals surface area contributed by atoms with E-state index in [-0.39, 0.29) is 5.38 Å². The number of alkyl halides is 1. The Morgan fingerprint density at radius 2 is 2.10 bits per heavy atom. The molecule has 0 radical (unpaired) electrons. The standard InChI is InChI=1S/C9H15Cl/c1-6-4-9(10)5-7(2)8(6)3/h4,7-9H,5H2,1-3H3. The first-order valence-corrected chi connectivity index (χ1v) is 4.37. The third-order valence-corrected chi connectivity index (χ3v) is 2.92. The van der Waals surface area contributed by atoms with Crippen molar-refractivity contribution in [1.29, 1.82) is 0 Å². The van der Waals surface area contributed by atoms with Gasteiger partial charge in [-0.15, -0.1) is 11.6 Å². The van der Waals surface area contributed by atoms with E-state index < -0.39 is 0 Å². The molecule has 0 saturated heterocycles. The maximum absolute atomic E-state index is 6.00. The van der Waals surface area contributed by atoms with Crippen LogP contribution in [0.15, 0.2) is 11.6 Å². The molecule has 3 unspecified atom stereocenters. The van der Waals surface area contributed by atoms with Crippen molar-refractivity contribution in [2.75, 3.05) is 0 Å². The molecule has 1 aliphatic carbocycles. The van der Waals surface area contributed by atoms with E-state index in [1.807, 2.05) is 0 Å². The van der Waals surface area contributed by atoms with E-state index in [0.29, 0.717) is 0 Å². The summed E-state index contributed by atoms with van der Waals surface area (Å²) in [5.74, 6) is 1.49. The van der Waals surface area contributed by atoms with E-state index in [2.05, 4.69) is 26.8 Å². The Morgan fingerprint density at radius 1 is 1.50 bits per heavy atom. The van der Waals surface area contributed by atoms with Gasteiger partial charge in [-0.25, -0.2) is 0 Å². The Hall–Kier alpha value is 0.0300. The second-order valence-electron chi connectivity index (χ2n) is 3.43. The Kier molecular flexibility index (Phi) is 2.40. The zero-order chi connectivity index (χ0) is 7.72. The van der Waals surface area contributed by atoms with E-state index in [0.717, 1.165) is 18.3 Å². The van der Waals surface area contributed by atoms with Crippen LogP contribution in [0.4, 0.5) is 0 Å². The zero-order valence-corrected chi connectivity index (χ0v) is 7.65. The fourth-order valence-corrected chi connectivity index (χ4v) is 1.99. The van der Waals surface area contributed by atoms with Gasteiger partial charge in [0.15, 0.2) is 0 Å². The lowest BCUT2D eigenvalue weighted by Gasteiger charge is -2.27. The third kappa shape index (κ3) is 1.54. The van der Waals surface area contributed by atoms with Gasteiger partial charge in [0.2, 0.25) is 0 Å². The summed E-state index contributed by atoms with van der Waals surface area (Å²) in [7, 11) is 0. The van der Waals surface area contributed by atoms with Crippen molar-refractivity contribution < 1.29 is 0 Å². The Bertz CT molecular complexity index is 149. The second kappa shape index (κ2) is 2.96. The molecule has 0 bridgehead atoms. The molecule has 1 rings (SSSR count). The highest BCUT2D eigenvalue weighted by Gasteiger charge is 2.21. The smallest absolute Gasteiger partial charge is 0.0521 e. The van der Waals surface area contributed by atoms with Crippen LogP contribution in [0.1, 0.15) is 27.2 Å². The summed E-state index contributed by atoms with van der Waals surface area (Å²) in [5.41, 5.74) is 1.46. The molecule has 0 fully saturated rings. The monoisotopic (exact) mass is 158 g/mol. The molecule has 0 spiro atoms. The minimum absolute atomic E-state index is 0.284. The third-order valence-electron chi connectivity index (χ3n) is 2.61. The average Bonchev–Trinajstić information content (AvgIpc) is 1.82. The first-order valence-electron chi connectivity index (χ1n) is 3.93. The van der Waals surface area contributed by atoms with Crippen molar-refractivity contribution in [2.45, 2.75) is 32.6 Å². The highest BCUT2D eigenvalue weighted by Crippen LogP contribution is 2.31. The average molecular weight is 159 g/mol. The molecule has 58 valence electrons. The number of allylic oxidation sites excluding steroid dienone is 2. The molecule has 0 heterocycles. The van der Waals surface area contributed by atoms with E-state index in [1.54, 1.807) is 0 Å². The van der Waals surface area contributed by atoms with Crippen molar-refractivity contribution in [3.8, 4) is 0 Å². The van der Waals surface area contributed by atoms with E-state index in [9.17, 15) is 0 Å². The van der Waals surface area contributed by atoms with Gasteiger partial charge in [-0.2, -0.15) is 0 Å². The normalized spacial score (nSPS) is 41.2. The maximum Gasteiger partial charge on any atom is 0.0521 e. The van der Waals surface area contributed by atoms with Gasteiger partial charge in [-0.1, -0.05) is 25.5 Å². The summed E-state index contributed by atoms with van der Waals surface area (Å²) in [5, 5.41) is 0.284. The van der Waals surface area contributed by atoms with Crippen LogP contribution in [-0.4, -0.2) is 5.38 Å². The molecule has 0 aliphatic heterocycles. The van der Waals surface area contributed by atoms with Crippen LogP contribution < -0.4 is 0 Å². The van der Waals surface area contributed by atoms with Crippen molar-refractivity contribution in [2.24, 2.45) is 11.8 Å². The van der Waals surface area contributed by atoms with Gasteiger partial charge in [0.1, 0.15) is 0 Å². The molecule has 0 aromatic carbocycles. The van der Waals surface area contributed by atoms with E-state index in [4.69, 9.17) is 11.6 Å². The lowest BCUT2D eigenvalue weighted by molar-refractivity contribution is 0.395. The molecule has 0 saturated carbocycles. The molecule has 3 atom stereocenters. The van der Waals surface area contributed by atoms with Crippen LogP contribution in [0.3, 0.4) is 0 Å². The Balaban J connectivity index is 2.71. The van der Waals surface area contributed by atoms with Gasteiger partial charge in [0.25, 0.3) is 0 Å². The van der Waals surface area contributed by atoms with Crippen LogP contribution >= 0.6 is 11.6 Å². The molecule has 0 nitrogen and oxygen atoms in total. The first kappa shape index (κ1) is 8.13. The molecule has 1 aliphatic rings. The van der Waals surface area contributed by atoms with Gasteiger partial charge in [-0.05, 0) is 25.2 Å². The van der Waals surface area contributed by atoms with Gasteiger partial charge in [-0.3, -0.25) is 0 Å². The van der Waals surface area contributed by atoms with Gasteiger partial charge in [0, 0.05) is 0 Å². The van der Waals surface area contributed by atoms with Crippen molar-refractivity contribution in [3.05, 3.63) is 11.6 Å². The zero-order valence-electron chi connectivity index (χ0n) is 6.89. The molecule has 0 aromatic heterocycles. The van der Waals surface area contributed by atoms with Crippen LogP contribution in [0.2, 0.25) is 0 Å². The first-order chi connectivity index (χ1) is 4.61. The largest absolute Gasteiger partial charge is 0.118 e. The van der Waals surface area contributed by atoms with Crippen LogP contribution in [-0.2, 0) is 0 Å². The maximum atomic E-state index is 6.00. The quantitative estimate of drug-likeness (QED) is 0.375. The minimum atomic E-state index is 0.284. The number of hydrogen-bond donors (Lipinski definition) is 0. The Morgan fingerprint density at radius 3 is 2.60 bits per heavy atom. The summed E-state index contributed by atoms with van der Waals surface area (Å²) in [6, 6.07) is 0. The molecule has 0 aromatic rings. The van der Waals surface area contributed by atoms with Gasteiger partial charge >= 0.3 is 0 Å². The fourth-order valence-electron chi connectivity index (χ4n) is 1.51. The van der Waals surface area contributed by atoms with Crippen molar-refractivity contribution in [3.63, 3.8) is 0 Å². The van der Waals surface area contributed by atoms with Crippen LogP contribution in [0.5, 0.6) is 0 Å². The number of rotatable bonds is 0. The van der Waals surface area contributed by atoms with Crippen molar-refractivity contribution >= 4 is 11.6 Å². The summed E-state index contributed by atoms with van der Waals surface area (Å²) in [6.45, 7) is 6.73. The highest BCUT2D eigenvalue weighted by molar-refractivity contribution is 6.21. The number of halogens is 1. The van der Waals surface area contributed by atoms with Gasteiger partial charge in [0.05, 0.1) is 5.38 Å². The molecule has 1 heteroatoms. The number of hydrogen-bond acceptors (Lipinski definition) is 0. The second-order valence-corrected chi connectivity index (χ2v) is 3.99. The molecule has 0 amide bonds. The van der Waals surface area contributed by atoms with Crippen LogP contribution in [0.25, 0.3) is 0 Å². The molecular formula is C9H15Cl. The topological polar surface area (TPSA) is 0 Å². The van der Waals surface area contributed by atoms with Crippen molar-refractivity contribution in [1.82, 2.24) is 0 Å². The summed E-state index contributed by atoms with van der Waals surface area (Å²) in [4.78, 5) is 0. The van der Waals surface area contributed by atoms with E-state index in [1.165, 1.54) is 5.57 Å². The SMILES string of the molecule is CC1=CC(Cl)CC(C)C1C. The van der Waals surface area contributed by atoms with Gasteiger partial charge < -0.3 is 0 Å². The molecule has 10 heavy (non-hydrogen) atoms. The summed E-state index contributed by atoms with van der Waals surface area (Å²) in [6.07, 6.45) is 3.33. The fraction of sp³-hybridized carbons (Fsp3) is 0.778. The molecule has 0 N–H and O–H groups in total. The Labute approximate surface area is 68.3 Å². The van der Waals surface area contributed by atoms with Crippen LogP contribution in [0, 0.1) is 11.8 Å². The highest BCUT2D eigenvalue weighted by atomic mass is 35.5. The minimum Gasteiger partial charge on any atom is -0.118 e. The van der Waals surface area contributed by atoms with E-state index >= 15 is 0 Å². The summed E-state index contributed by atoms with van der Waals surface area (Å²) >= 11 is 6.00. The summed E-state index contributed by atoms with van der Waals surface area (Å²) < 4.78 is 0. The predicted molar refractivity (Wildman–Crippen MR) is 46.3 cm³/mol. The lowest BCUT2D eigenvalue weighted by Crippen LogP contribution is -2.19.